The van der Waals surface area contributed by atoms with Crippen LogP contribution in [0.2, 0.25) is 0 Å². The van der Waals surface area contributed by atoms with Gasteiger partial charge in [0.05, 0.1) is 13.7 Å². The second kappa shape index (κ2) is 4.84. The quantitative estimate of drug-likeness (QED) is 0.917. The third-order valence-electron chi connectivity index (χ3n) is 3.43. The minimum absolute atomic E-state index is 0.175. The summed E-state index contributed by atoms with van der Waals surface area (Å²) in [5, 5.41) is 9.81. The maximum atomic E-state index is 9.81. The number of fused-ring (bicyclic) bond motifs is 1. The summed E-state index contributed by atoms with van der Waals surface area (Å²) >= 11 is 0. The molecule has 3 heteroatoms. The zero-order valence-electron chi connectivity index (χ0n) is 10.8. The number of para-hydroxylation sites is 1. The van der Waals surface area contributed by atoms with E-state index in [4.69, 9.17) is 9.47 Å². The van der Waals surface area contributed by atoms with E-state index < -0.39 is 0 Å². The molecule has 0 amide bonds. The third-order valence-corrected chi connectivity index (χ3v) is 3.43. The van der Waals surface area contributed by atoms with Crippen LogP contribution in [0.4, 0.5) is 0 Å². The Labute approximate surface area is 112 Å². The van der Waals surface area contributed by atoms with Crippen molar-refractivity contribution in [3.63, 3.8) is 0 Å². The van der Waals surface area contributed by atoms with Gasteiger partial charge in [0.15, 0.2) is 11.5 Å². The zero-order chi connectivity index (χ0) is 13.2. The second-order valence-electron chi connectivity index (χ2n) is 4.69. The highest BCUT2D eigenvalue weighted by Crippen LogP contribution is 2.33. The SMILES string of the molecule is COc1ccc(Cc2cccc3c2OCC3)cc1O. The molecule has 19 heavy (non-hydrogen) atoms. The molecule has 0 atom stereocenters. The Morgan fingerprint density at radius 2 is 2.16 bits per heavy atom. The monoisotopic (exact) mass is 256 g/mol. The number of phenols is 1. The van der Waals surface area contributed by atoms with Gasteiger partial charge in [0.2, 0.25) is 0 Å². The first kappa shape index (κ1) is 11.9. The Bertz CT molecular complexity index is 605. The molecule has 0 aliphatic carbocycles. The molecule has 0 spiro atoms. The molecular weight excluding hydrogens is 240 g/mol. The van der Waals surface area contributed by atoms with Crippen LogP contribution in [0.3, 0.4) is 0 Å². The van der Waals surface area contributed by atoms with Crippen molar-refractivity contribution >= 4 is 0 Å². The lowest BCUT2D eigenvalue weighted by Gasteiger charge is -2.09. The Hall–Kier alpha value is -2.16. The van der Waals surface area contributed by atoms with Gasteiger partial charge >= 0.3 is 0 Å². The maximum Gasteiger partial charge on any atom is 0.160 e. The molecular formula is C16H16O3. The van der Waals surface area contributed by atoms with Crippen LogP contribution in [0.1, 0.15) is 16.7 Å². The lowest BCUT2D eigenvalue weighted by molar-refractivity contribution is 0.354. The van der Waals surface area contributed by atoms with Crippen LogP contribution < -0.4 is 9.47 Å². The van der Waals surface area contributed by atoms with Crippen molar-refractivity contribution in [3.05, 3.63) is 53.1 Å². The Kier molecular flexibility index (Phi) is 3.03. The molecule has 1 heterocycles. The first-order chi connectivity index (χ1) is 9.28. The van der Waals surface area contributed by atoms with E-state index in [1.807, 2.05) is 6.07 Å². The fourth-order valence-electron chi connectivity index (χ4n) is 2.49. The van der Waals surface area contributed by atoms with Gasteiger partial charge in [-0.25, -0.2) is 0 Å². The van der Waals surface area contributed by atoms with Gasteiger partial charge in [0.25, 0.3) is 0 Å². The minimum atomic E-state index is 0.175. The van der Waals surface area contributed by atoms with E-state index in [1.165, 1.54) is 11.1 Å². The van der Waals surface area contributed by atoms with Crippen LogP contribution in [-0.2, 0) is 12.8 Å². The molecule has 1 aliphatic heterocycles. The van der Waals surface area contributed by atoms with Crippen LogP contribution in [0.25, 0.3) is 0 Å². The van der Waals surface area contributed by atoms with Crippen LogP contribution in [0.15, 0.2) is 36.4 Å². The molecule has 0 saturated carbocycles. The highest BCUT2D eigenvalue weighted by atomic mass is 16.5. The average Bonchev–Trinajstić information content (AvgIpc) is 2.88. The van der Waals surface area contributed by atoms with Gasteiger partial charge in [-0.3, -0.25) is 0 Å². The molecule has 2 aromatic carbocycles. The van der Waals surface area contributed by atoms with Crippen LogP contribution in [-0.4, -0.2) is 18.8 Å². The largest absolute Gasteiger partial charge is 0.504 e. The smallest absolute Gasteiger partial charge is 0.160 e. The lowest BCUT2D eigenvalue weighted by Crippen LogP contribution is -1.94. The van der Waals surface area contributed by atoms with E-state index in [9.17, 15) is 5.11 Å². The first-order valence-corrected chi connectivity index (χ1v) is 6.37. The van der Waals surface area contributed by atoms with Gasteiger partial charge in [-0.2, -0.15) is 0 Å². The van der Waals surface area contributed by atoms with E-state index >= 15 is 0 Å². The number of rotatable bonds is 3. The van der Waals surface area contributed by atoms with Crippen LogP contribution in [0, 0.1) is 0 Å². The summed E-state index contributed by atoms with van der Waals surface area (Å²) in [6.07, 6.45) is 1.73. The molecule has 0 fully saturated rings. The fraction of sp³-hybridized carbons (Fsp3) is 0.250. The molecule has 2 aromatic rings. The highest BCUT2D eigenvalue weighted by molar-refractivity contribution is 5.48. The molecule has 0 bridgehead atoms. The molecule has 0 radical (unpaired) electrons. The molecule has 1 aliphatic rings. The summed E-state index contributed by atoms with van der Waals surface area (Å²) in [6, 6.07) is 11.7. The second-order valence-corrected chi connectivity index (χ2v) is 4.69. The first-order valence-electron chi connectivity index (χ1n) is 6.37. The summed E-state index contributed by atoms with van der Waals surface area (Å²) in [4.78, 5) is 0. The molecule has 1 N–H and O–H groups in total. The van der Waals surface area contributed by atoms with Gasteiger partial charge < -0.3 is 14.6 Å². The highest BCUT2D eigenvalue weighted by Gasteiger charge is 2.16. The number of benzene rings is 2. The zero-order valence-corrected chi connectivity index (χ0v) is 10.8. The lowest BCUT2D eigenvalue weighted by atomic mass is 10.0. The van der Waals surface area contributed by atoms with Crippen molar-refractivity contribution in [2.75, 3.05) is 13.7 Å². The van der Waals surface area contributed by atoms with Crippen molar-refractivity contribution in [2.45, 2.75) is 12.8 Å². The normalized spacial score (nSPS) is 12.9. The van der Waals surface area contributed by atoms with Crippen molar-refractivity contribution in [3.8, 4) is 17.2 Å². The third kappa shape index (κ3) is 2.24. The summed E-state index contributed by atoms with van der Waals surface area (Å²) in [5.41, 5.74) is 3.48. The van der Waals surface area contributed by atoms with Crippen LogP contribution >= 0.6 is 0 Å². The van der Waals surface area contributed by atoms with Gasteiger partial charge in [0, 0.05) is 12.8 Å². The summed E-state index contributed by atoms with van der Waals surface area (Å²) < 4.78 is 10.7. The van der Waals surface area contributed by atoms with E-state index in [1.54, 1.807) is 19.2 Å². The minimum Gasteiger partial charge on any atom is -0.504 e. The van der Waals surface area contributed by atoms with Gasteiger partial charge in [0.1, 0.15) is 5.75 Å². The van der Waals surface area contributed by atoms with E-state index in [0.717, 1.165) is 30.8 Å². The molecule has 3 nitrogen and oxygen atoms in total. The molecule has 3 rings (SSSR count). The summed E-state index contributed by atoms with van der Waals surface area (Å²) in [6.45, 7) is 0.764. The topological polar surface area (TPSA) is 38.7 Å². The fourth-order valence-corrected chi connectivity index (χ4v) is 2.49. The molecule has 0 saturated heterocycles. The Morgan fingerprint density at radius 1 is 1.26 bits per heavy atom. The van der Waals surface area contributed by atoms with Crippen molar-refractivity contribution in [1.29, 1.82) is 0 Å². The average molecular weight is 256 g/mol. The standard InChI is InChI=1S/C16H16O3/c1-18-15-6-5-11(10-14(15)17)9-13-4-2-3-12-7-8-19-16(12)13/h2-6,10,17H,7-9H2,1H3. The van der Waals surface area contributed by atoms with E-state index in [0.29, 0.717) is 5.75 Å². The summed E-state index contributed by atoms with van der Waals surface area (Å²) in [7, 11) is 1.55. The van der Waals surface area contributed by atoms with Gasteiger partial charge in [-0.15, -0.1) is 0 Å². The maximum absolute atomic E-state index is 9.81. The van der Waals surface area contributed by atoms with Gasteiger partial charge in [-0.05, 0) is 28.8 Å². The number of phenolic OH excluding ortho intramolecular Hbond substituents is 1. The predicted octanol–water partition coefficient (Wildman–Crippen LogP) is 2.93. The van der Waals surface area contributed by atoms with E-state index in [2.05, 4.69) is 18.2 Å². The van der Waals surface area contributed by atoms with Crippen molar-refractivity contribution in [2.24, 2.45) is 0 Å². The number of aromatic hydroxyl groups is 1. The summed E-state index contributed by atoms with van der Waals surface area (Å²) in [5.74, 6) is 1.68. The Morgan fingerprint density at radius 3 is 2.95 bits per heavy atom. The van der Waals surface area contributed by atoms with Crippen molar-refractivity contribution in [1.82, 2.24) is 0 Å². The Balaban J connectivity index is 1.90. The number of methoxy groups -OCH3 is 1. The number of ether oxygens (including phenoxy) is 2. The van der Waals surface area contributed by atoms with Crippen molar-refractivity contribution < 1.29 is 14.6 Å². The number of hydrogen-bond acceptors (Lipinski definition) is 3. The molecule has 0 unspecified atom stereocenters. The van der Waals surface area contributed by atoms with E-state index in [-0.39, 0.29) is 5.75 Å². The molecule has 98 valence electrons. The van der Waals surface area contributed by atoms with Crippen LogP contribution in [0.5, 0.6) is 17.2 Å². The molecule has 0 aromatic heterocycles. The van der Waals surface area contributed by atoms with Gasteiger partial charge in [-0.1, -0.05) is 24.3 Å². The predicted molar refractivity (Wildman–Crippen MR) is 73.1 cm³/mol. The number of hydrogen-bond donors (Lipinski definition) is 1.